The van der Waals surface area contributed by atoms with Crippen LogP contribution in [0.5, 0.6) is 0 Å². The maximum Gasteiger partial charge on any atom is 0.324 e. The normalized spacial score (nSPS) is 9.81. The van der Waals surface area contributed by atoms with Crippen molar-refractivity contribution >= 4 is 17.5 Å². The third-order valence-corrected chi connectivity index (χ3v) is 1.92. The van der Waals surface area contributed by atoms with E-state index in [0.29, 0.717) is 17.2 Å². The molecule has 0 spiro atoms. The predicted molar refractivity (Wildman–Crippen MR) is 58.1 cm³/mol. The monoisotopic (exact) mass is 218 g/mol. The molecule has 0 saturated carbocycles. The molecular formula is C10H10N4O2. The second-order valence-electron chi connectivity index (χ2n) is 3.14. The summed E-state index contributed by atoms with van der Waals surface area (Å²) in [5.41, 5.74) is 1.23. The largest absolute Gasteiger partial charge is 0.324 e. The number of nitrogens with zero attached hydrogens (tertiary/aromatic N) is 2. The molecule has 0 fully saturated rings. The van der Waals surface area contributed by atoms with Crippen molar-refractivity contribution in [1.29, 1.82) is 0 Å². The molecule has 1 heterocycles. The number of benzene rings is 1. The molecule has 0 bridgehead atoms. The van der Waals surface area contributed by atoms with Crippen molar-refractivity contribution in [1.82, 2.24) is 10.3 Å². The van der Waals surface area contributed by atoms with Gasteiger partial charge in [0.25, 0.3) is 0 Å². The highest BCUT2D eigenvalue weighted by atomic mass is 16.6. The molecule has 0 aliphatic heterocycles. The summed E-state index contributed by atoms with van der Waals surface area (Å²) in [5, 5.41) is 12.3. The number of carbonyl (C=O) groups excluding carboxylic acids is 1. The van der Waals surface area contributed by atoms with E-state index in [4.69, 9.17) is 0 Å². The number of anilines is 2. The molecule has 0 aliphatic carbocycles. The Bertz CT molecular complexity index is 481. The molecule has 0 saturated heterocycles. The molecule has 0 aliphatic rings. The number of amides is 2. The van der Waals surface area contributed by atoms with Crippen molar-refractivity contribution in [2.75, 3.05) is 10.6 Å². The Morgan fingerprint density at radius 2 is 1.94 bits per heavy atom. The van der Waals surface area contributed by atoms with E-state index in [-0.39, 0.29) is 6.03 Å². The maximum atomic E-state index is 11.5. The number of carbonyl (C=O) groups is 1. The van der Waals surface area contributed by atoms with Crippen LogP contribution in [0.25, 0.3) is 0 Å². The Morgan fingerprint density at radius 1 is 1.19 bits per heavy atom. The summed E-state index contributed by atoms with van der Waals surface area (Å²) in [4.78, 5) is 11.5. The summed E-state index contributed by atoms with van der Waals surface area (Å²) in [6.45, 7) is 1.69. The molecule has 2 amide bonds. The first-order chi connectivity index (χ1) is 7.75. The Balaban J connectivity index is 1.98. The average molecular weight is 218 g/mol. The molecule has 0 atom stereocenters. The Kier molecular flexibility index (Phi) is 2.81. The predicted octanol–water partition coefficient (Wildman–Crippen LogP) is 2.02. The second-order valence-corrected chi connectivity index (χ2v) is 3.14. The fourth-order valence-electron chi connectivity index (χ4n) is 1.14. The molecule has 6 nitrogen and oxygen atoms in total. The van der Waals surface area contributed by atoms with E-state index in [9.17, 15) is 4.79 Å². The zero-order valence-corrected chi connectivity index (χ0v) is 8.60. The summed E-state index contributed by atoms with van der Waals surface area (Å²) < 4.78 is 4.45. The van der Waals surface area contributed by atoms with Crippen molar-refractivity contribution in [2.24, 2.45) is 0 Å². The van der Waals surface area contributed by atoms with E-state index < -0.39 is 0 Å². The number of urea groups is 1. The van der Waals surface area contributed by atoms with Gasteiger partial charge in [-0.2, -0.15) is 0 Å². The lowest BCUT2D eigenvalue weighted by molar-refractivity contribution is 0.261. The summed E-state index contributed by atoms with van der Waals surface area (Å²) in [5.74, 6) is 0.313. The number of para-hydroxylation sites is 1. The lowest BCUT2D eigenvalue weighted by Gasteiger charge is -2.04. The molecule has 1 aromatic heterocycles. The minimum atomic E-state index is -0.384. The quantitative estimate of drug-likeness (QED) is 0.808. The first-order valence-electron chi connectivity index (χ1n) is 4.68. The van der Waals surface area contributed by atoms with Gasteiger partial charge in [0.2, 0.25) is 5.82 Å². The topological polar surface area (TPSA) is 80.1 Å². The number of aromatic nitrogens is 2. The summed E-state index contributed by atoms with van der Waals surface area (Å²) >= 11 is 0. The molecule has 2 aromatic rings. The maximum absolute atomic E-state index is 11.5. The number of hydrogen-bond donors (Lipinski definition) is 2. The van der Waals surface area contributed by atoms with E-state index in [0.717, 1.165) is 0 Å². The van der Waals surface area contributed by atoms with Crippen LogP contribution in [0, 0.1) is 6.92 Å². The van der Waals surface area contributed by atoms with Gasteiger partial charge in [-0.3, -0.25) is 5.32 Å². The van der Waals surface area contributed by atoms with Gasteiger partial charge in [-0.15, -0.1) is 0 Å². The van der Waals surface area contributed by atoms with Crippen LogP contribution in [0.4, 0.5) is 16.3 Å². The van der Waals surface area contributed by atoms with E-state index in [1.807, 2.05) is 18.2 Å². The van der Waals surface area contributed by atoms with Gasteiger partial charge in [0.1, 0.15) is 5.69 Å². The zero-order chi connectivity index (χ0) is 11.4. The van der Waals surface area contributed by atoms with Crippen molar-refractivity contribution in [2.45, 2.75) is 6.92 Å². The van der Waals surface area contributed by atoms with Gasteiger partial charge in [-0.25, -0.2) is 9.42 Å². The fourth-order valence-corrected chi connectivity index (χ4v) is 1.14. The van der Waals surface area contributed by atoms with Crippen molar-refractivity contribution < 1.29 is 9.42 Å². The van der Waals surface area contributed by atoms with E-state index in [1.165, 1.54) is 0 Å². The molecule has 0 unspecified atom stereocenters. The summed E-state index contributed by atoms with van der Waals surface area (Å²) in [6, 6.07) is 8.72. The van der Waals surface area contributed by atoms with Gasteiger partial charge in [0.05, 0.1) is 0 Å². The molecule has 82 valence electrons. The van der Waals surface area contributed by atoms with Crippen LogP contribution in [-0.2, 0) is 0 Å². The Hall–Kier alpha value is -2.37. The molecular weight excluding hydrogens is 208 g/mol. The Labute approximate surface area is 91.6 Å². The van der Waals surface area contributed by atoms with Gasteiger partial charge in [-0.05, 0) is 24.2 Å². The minimum Gasteiger partial charge on any atom is -0.308 e. The van der Waals surface area contributed by atoms with E-state index in [2.05, 4.69) is 25.6 Å². The molecule has 2 N–H and O–H groups in total. The van der Waals surface area contributed by atoms with Crippen molar-refractivity contribution in [3.63, 3.8) is 0 Å². The number of hydrogen-bond acceptors (Lipinski definition) is 4. The minimum absolute atomic E-state index is 0.313. The van der Waals surface area contributed by atoms with Gasteiger partial charge >= 0.3 is 6.03 Å². The van der Waals surface area contributed by atoms with Crippen LogP contribution in [0.15, 0.2) is 35.0 Å². The van der Waals surface area contributed by atoms with Crippen LogP contribution >= 0.6 is 0 Å². The van der Waals surface area contributed by atoms with Crippen LogP contribution < -0.4 is 10.6 Å². The first-order valence-corrected chi connectivity index (χ1v) is 4.68. The standard InChI is InChI=1S/C10H10N4O2/c1-7-9(14-16-13-7)12-10(15)11-8-5-3-2-4-6-8/h2-6H,1H3,(H2,11,12,14,15). The average Bonchev–Trinajstić information content (AvgIpc) is 2.66. The van der Waals surface area contributed by atoms with Crippen molar-refractivity contribution in [3.05, 3.63) is 36.0 Å². The summed E-state index contributed by atoms with van der Waals surface area (Å²) in [6.07, 6.45) is 0. The smallest absolute Gasteiger partial charge is 0.308 e. The highest BCUT2D eigenvalue weighted by Gasteiger charge is 2.08. The lowest BCUT2D eigenvalue weighted by atomic mass is 10.3. The van der Waals surface area contributed by atoms with Crippen LogP contribution in [0.1, 0.15) is 5.69 Å². The van der Waals surface area contributed by atoms with Crippen LogP contribution in [0.2, 0.25) is 0 Å². The van der Waals surface area contributed by atoms with E-state index >= 15 is 0 Å². The molecule has 2 rings (SSSR count). The molecule has 0 radical (unpaired) electrons. The van der Waals surface area contributed by atoms with Gasteiger partial charge in [0.15, 0.2) is 0 Å². The number of aryl methyl sites for hydroxylation is 1. The SMILES string of the molecule is Cc1nonc1NC(=O)Nc1ccccc1. The molecule has 1 aromatic carbocycles. The van der Waals surface area contributed by atoms with Crippen molar-refractivity contribution in [3.8, 4) is 0 Å². The Morgan fingerprint density at radius 3 is 2.56 bits per heavy atom. The number of rotatable bonds is 2. The molecule has 6 heteroatoms. The van der Waals surface area contributed by atoms with Gasteiger partial charge in [0, 0.05) is 5.69 Å². The highest BCUT2D eigenvalue weighted by molar-refractivity contribution is 5.99. The van der Waals surface area contributed by atoms with Gasteiger partial charge < -0.3 is 5.32 Å². The van der Waals surface area contributed by atoms with E-state index in [1.54, 1.807) is 19.1 Å². The molecule has 16 heavy (non-hydrogen) atoms. The van der Waals surface area contributed by atoms with Crippen LogP contribution in [0.3, 0.4) is 0 Å². The lowest BCUT2D eigenvalue weighted by Crippen LogP contribution is -2.20. The number of nitrogens with one attached hydrogen (secondary N) is 2. The second kappa shape index (κ2) is 4.43. The van der Waals surface area contributed by atoms with Crippen LogP contribution in [-0.4, -0.2) is 16.3 Å². The summed E-state index contributed by atoms with van der Waals surface area (Å²) in [7, 11) is 0. The third kappa shape index (κ3) is 2.35. The highest BCUT2D eigenvalue weighted by Crippen LogP contribution is 2.09. The third-order valence-electron chi connectivity index (χ3n) is 1.92. The zero-order valence-electron chi connectivity index (χ0n) is 8.60. The fraction of sp³-hybridized carbons (Fsp3) is 0.100. The van der Waals surface area contributed by atoms with Gasteiger partial charge in [-0.1, -0.05) is 23.4 Å². The first kappa shape index (κ1) is 10.2.